The van der Waals surface area contributed by atoms with Crippen LogP contribution in [0.4, 0.5) is 4.79 Å². The van der Waals surface area contributed by atoms with Crippen LogP contribution >= 0.6 is 22.7 Å². The summed E-state index contributed by atoms with van der Waals surface area (Å²) in [4.78, 5) is 33.8. The maximum Gasteiger partial charge on any atom is 0.317 e. The number of aryl methyl sites for hydroxylation is 1. The van der Waals surface area contributed by atoms with Crippen LogP contribution in [-0.2, 0) is 6.54 Å². The van der Waals surface area contributed by atoms with Gasteiger partial charge in [0.1, 0.15) is 5.69 Å². The molecule has 24 heavy (non-hydrogen) atoms. The lowest BCUT2D eigenvalue weighted by Crippen LogP contribution is -2.42. The van der Waals surface area contributed by atoms with Gasteiger partial charge < -0.3 is 15.1 Å². The molecule has 0 unspecified atom stereocenters. The van der Waals surface area contributed by atoms with Gasteiger partial charge in [-0.15, -0.1) is 22.7 Å². The summed E-state index contributed by atoms with van der Waals surface area (Å²) in [5.41, 5.74) is 0.507. The molecule has 0 radical (unpaired) electrons. The molecule has 2 aromatic heterocycles. The number of aromatic nitrogens is 1. The number of carbonyl (C=O) groups excluding carboxylic acids is 2. The van der Waals surface area contributed by atoms with Gasteiger partial charge in [-0.3, -0.25) is 4.79 Å². The molecule has 2 aromatic rings. The standard InChI is InChI=1S/C16H20N4O2S2/c1-12-18-14(11-24-12)15(21)19-5-3-6-20(8-7-19)16(22)17-10-13-4-2-9-23-13/h2,4,9,11H,3,5-8,10H2,1H3,(H,17,22). The average molecular weight is 364 g/mol. The molecule has 128 valence electrons. The summed E-state index contributed by atoms with van der Waals surface area (Å²) >= 11 is 3.11. The van der Waals surface area contributed by atoms with Crippen molar-refractivity contribution in [2.24, 2.45) is 0 Å². The summed E-state index contributed by atoms with van der Waals surface area (Å²) < 4.78 is 0. The summed E-state index contributed by atoms with van der Waals surface area (Å²) in [6, 6.07) is 3.91. The fourth-order valence-corrected chi connectivity index (χ4v) is 3.87. The number of thiazole rings is 1. The Balaban J connectivity index is 1.52. The van der Waals surface area contributed by atoms with E-state index in [2.05, 4.69) is 10.3 Å². The molecule has 1 aliphatic rings. The van der Waals surface area contributed by atoms with E-state index >= 15 is 0 Å². The van der Waals surface area contributed by atoms with Crippen LogP contribution in [-0.4, -0.2) is 52.9 Å². The van der Waals surface area contributed by atoms with Crippen molar-refractivity contribution in [3.63, 3.8) is 0 Å². The number of amides is 3. The molecule has 3 amide bonds. The van der Waals surface area contributed by atoms with Crippen LogP contribution in [0.1, 0.15) is 26.8 Å². The maximum atomic E-state index is 12.5. The summed E-state index contributed by atoms with van der Waals surface area (Å²) in [6.45, 7) is 4.85. The molecule has 1 N–H and O–H groups in total. The van der Waals surface area contributed by atoms with Crippen LogP contribution in [0.3, 0.4) is 0 Å². The first-order valence-corrected chi connectivity index (χ1v) is 9.66. The van der Waals surface area contributed by atoms with Crippen molar-refractivity contribution in [1.82, 2.24) is 20.1 Å². The summed E-state index contributed by atoms with van der Waals surface area (Å²) in [5.74, 6) is -0.0415. The maximum absolute atomic E-state index is 12.5. The Morgan fingerprint density at radius 2 is 2.00 bits per heavy atom. The van der Waals surface area contributed by atoms with E-state index in [0.717, 1.165) is 16.3 Å². The van der Waals surface area contributed by atoms with Crippen molar-refractivity contribution in [1.29, 1.82) is 0 Å². The first kappa shape index (κ1) is 16.9. The number of urea groups is 1. The fourth-order valence-electron chi connectivity index (χ4n) is 2.63. The second-order valence-electron chi connectivity index (χ2n) is 5.62. The van der Waals surface area contributed by atoms with E-state index < -0.39 is 0 Å². The van der Waals surface area contributed by atoms with E-state index in [4.69, 9.17) is 0 Å². The minimum atomic E-state index is -0.0674. The van der Waals surface area contributed by atoms with Gasteiger partial charge in [-0.05, 0) is 24.8 Å². The van der Waals surface area contributed by atoms with E-state index in [-0.39, 0.29) is 11.9 Å². The highest BCUT2D eigenvalue weighted by Gasteiger charge is 2.23. The number of nitrogens with zero attached hydrogens (tertiary/aromatic N) is 3. The molecule has 3 heterocycles. The minimum absolute atomic E-state index is 0.0415. The Hall–Kier alpha value is -1.93. The highest BCUT2D eigenvalue weighted by atomic mass is 32.1. The topological polar surface area (TPSA) is 65.5 Å². The van der Waals surface area contributed by atoms with Crippen LogP contribution in [0, 0.1) is 6.92 Å². The number of hydrogen-bond acceptors (Lipinski definition) is 5. The second kappa shape index (κ2) is 7.76. The Kier molecular flexibility index (Phi) is 5.47. The van der Waals surface area contributed by atoms with Crippen molar-refractivity contribution < 1.29 is 9.59 Å². The lowest BCUT2D eigenvalue weighted by molar-refractivity contribution is 0.0757. The molecule has 0 spiro atoms. The van der Waals surface area contributed by atoms with Gasteiger partial charge in [0.05, 0.1) is 11.6 Å². The van der Waals surface area contributed by atoms with E-state index in [1.807, 2.05) is 24.4 Å². The lowest BCUT2D eigenvalue weighted by atomic mass is 10.3. The zero-order chi connectivity index (χ0) is 16.9. The van der Waals surface area contributed by atoms with Crippen LogP contribution in [0.2, 0.25) is 0 Å². The summed E-state index contributed by atoms with van der Waals surface area (Å²) in [7, 11) is 0. The lowest BCUT2D eigenvalue weighted by Gasteiger charge is -2.22. The smallest absolute Gasteiger partial charge is 0.317 e. The van der Waals surface area contributed by atoms with Crippen molar-refractivity contribution in [3.05, 3.63) is 38.5 Å². The molecule has 8 heteroatoms. The molecule has 1 fully saturated rings. The molecule has 1 saturated heterocycles. The van der Waals surface area contributed by atoms with Gasteiger partial charge >= 0.3 is 6.03 Å². The number of thiophene rings is 1. The number of carbonyl (C=O) groups is 2. The molecule has 0 aromatic carbocycles. The van der Waals surface area contributed by atoms with Gasteiger partial charge in [0.25, 0.3) is 5.91 Å². The molecule has 0 saturated carbocycles. The highest BCUT2D eigenvalue weighted by molar-refractivity contribution is 7.10. The second-order valence-corrected chi connectivity index (χ2v) is 7.72. The molecular weight excluding hydrogens is 344 g/mol. The van der Waals surface area contributed by atoms with Crippen LogP contribution in [0.25, 0.3) is 0 Å². The molecule has 0 bridgehead atoms. The monoisotopic (exact) mass is 364 g/mol. The summed E-state index contributed by atoms with van der Waals surface area (Å²) in [5, 5.41) is 7.63. The predicted molar refractivity (Wildman–Crippen MR) is 95.5 cm³/mol. The van der Waals surface area contributed by atoms with Crippen molar-refractivity contribution in [3.8, 4) is 0 Å². The van der Waals surface area contributed by atoms with E-state index in [0.29, 0.717) is 38.4 Å². The number of nitrogens with one attached hydrogen (secondary N) is 1. The van der Waals surface area contributed by atoms with Crippen LogP contribution in [0.5, 0.6) is 0 Å². The summed E-state index contributed by atoms with van der Waals surface area (Å²) in [6.07, 6.45) is 0.779. The highest BCUT2D eigenvalue weighted by Crippen LogP contribution is 2.13. The predicted octanol–water partition coefficient (Wildman–Crippen LogP) is 2.57. The molecular formula is C16H20N4O2S2. The molecule has 1 aliphatic heterocycles. The minimum Gasteiger partial charge on any atom is -0.335 e. The Morgan fingerprint density at radius 1 is 1.21 bits per heavy atom. The zero-order valence-electron chi connectivity index (χ0n) is 13.5. The quantitative estimate of drug-likeness (QED) is 0.910. The third-order valence-electron chi connectivity index (χ3n) is 3.90. The van der Waals surface area contributed by atoms with Crippen molar-refractivity contribution >= 4 is 34.6 Å². The van der Waals surface area contributed by atoms with Gasteiger partial charge in [-0.1, -0.05) is 6.07 Å². The van der Waals surface area contributed by atoms with Crippen LogP contribution in [0.15, 0.2) is 22.9 Å². The Labute approximate surface area is 149 Å². The van der Waals surface area contributed by atoms with Crippen LogP contribution < -0.4 is 5.32 Å². The van der Waals surface area contributed by atoms with E-state index in [1.165, 1.54) is 11.3 Å². The number of hydrogen-bond donors (Lipinski definition) is 1. The normalized spacial score (nSPS) is 15.2. The largest absolute Gasteiger partial charge is 0.335 e. The Bertz CT molecular complexity index is 699. The van der Waals surface area contributed by atoms with Gasteiger partial charge in [0.2, 0.25) is 0 Å². The SMILES string of the molecule is Cc1nc(C(=O)N2CCCN(C(=O)NCc3cccs3)CC2)cs1. The first-order chi connectivity index (χ1) is 11.6. The van der Waals surface area contributed by atoms with Gasteiger partial charge in [0.15, 0.2) is 0 Å². The van der Waals surface area contributed by atoms with Crippen molar-refractivity contribution in [2.45, 2.75) is 19.9 Å². The average Bonchev–Trinajstić information content (AvgIpc) is 3.18. The van der Waals surface area contributed by atoms with Gasteiger partial charge in [0, 0.05) is 36.4 Å². The molecule has 0 atom stereocenters. The molecule has 3 rings (SSSR count). The molecule has 0 aliphatic carbocycles. The fraction of sp³-hybridized carbons (Fsp3) is 0.438. The van der Waals surface area contributed by atoms with Gasteiger partial charge in [-0.25, -0.2) is 9.78 Å². The van der Waals surface area contributed by atoms with E-state index in [9.17, 15) is 9.59 Å². The first-order valence-electron chi connectivity index (χ1n) is 7.90. The third kappa shape index (κ3) is 4.12. The van der Waals surface area contributed by atoms with Gasteiger partial charge in [-0.2, -0.15) is 0 Å². The molecule has 6 nitrogen and oxygen atoms in total. The zero-order valence-corrected chi connectivity index (χ0v) is 15.2. The van der Waals surface area contributed by atoms with E-state index in [1.54, 1.807) is 26.5 Å². The van der Waals surface area contributed by atoms with Crippen molar-refractivity contribution in [2.75, 3.05) is 26.2 Å². The Morgan fingerprint density at radius 3 is 2.71 bits per heavy atom. The third-order valence-corrected chi connectivity index (χ3v) is 5.55. The number of rotatable bonds is 3.